The van der Waals surface area contributed by atoms with E-state index in [-0.39, 0.29) is 0 Å². The largest absolute Gasteiger partial charge is 0.425 e. The van der Waals surface area contributed by atoms with Crippen LogP contribution in [0.4, 0.5) is 23.1 Å². The summed E-state index contributed by atoms with van der Waals surface area (Å²) < 4.78 is 6.23. The summed E-state index contributed by atoms with van der Waals surface area (Å²) in [5.74, 6) is 1.35. The molecule has 39 heavy (non-hydrogen) atoms. The van der Waals surface area contributed by atoms with Crippen LogP contribution in [0.1, 0.15) is 0 Å². The minimum atomic E-state index is 0.674. The summed E-state index contributed by atoms with van der Waals surface area (Å²) in [6.07, 6.45) is 0. The zero-order valence-corrected chi connectivity index (χ0v) is 21.3. The Morgan fingerprint density at radius 1 is 0.333 bits per heavy atom. The molecule has 2 N–H and O–H groups in total. The van der Waals surface area contributed by atoms with E-state index in [9.17, 15) is 0 Å². The van der Waals surface area contributed by atoms with Gasteiger partial charge in [0.1, 0.15) is 0 Å². The maximum atomic E-state index is 6.23. The zero-order chi connectivity index (χ0) is 26.0. The predicted molar refractivity (Wildman–Crippen MR) is 164 cm³/mol. The fourth-order valence-corrected chi connectivity index (χ4v) is 5.31. The van der Waals surface area contributed by atoms with E-state index in [0.29, 0.717) is 11.8 Å². The first kappa shape index (κ1) is 22.9. The van der Waals surface area contributed by atoms with Crippen molar-refractivity contribution in [3.05, 3.63) is 146 Å². The van der Waals surface area contributed by atoms with Gasteiger partial charge in [-0.3, -0.25) is 0 Å². The minimum absolute atomic E-state index is 0.674. The van der Waals surface area contributed by atoms with Crippen molar-refractivity contribution < 1.29 is 4.42 Å². The Morgan fingerprint density at radius 2 is 0.718 bits per heavy atom. The van der Waals surface area contributed by atoms with E-state index >= 15 is 0 Å². The molecule has 0 radical (unpaired) electrons. The molecule has 0 aliphatic rings. The highest BCUT2D eigenvalue weighted by Crippen LogP contribution is 2.38. The third kappa shape index (κ3) is 4.41. The van der Waals surface area contributed by atoms with Crippen molar-refractivity contribution in [2.45, 2.75) is 0 Å². The lowest BCUT2D eigenvalue weighted by atomic mass is 9.97. The van der Waals surface area contributed by atoms with Crippen molar-refractivity contribution in [1.29, 1.82) is 0 Å². The Labute approximate surface area is 227 Å². The van der Waals surface area contributed by atoms with Crippen LogP contribution in [-0.4, -0.2) is 0 Å². The number of nitrogens with one attached hydrogen (secondary N) is 2. The molecule has 3 heteroatoms. The molecule has 0 spiro atoms. The van der Waals surface area contributed by atoms with Crippen molar-refractivity contribution in [2.24, 2.45) is 0 Å². The molecule has 0 fully saturated rings. The number of benzene rings is 6. The number of fused-ring (bicyclic) bond motifs is 2. The van der Waals surface area contributed by atoms with Gasteiger partial charge in [0, 0.05) is 34.6 Å². The number of hydrogen-bond acceptors (Lipinski definition) is 3. The summed E-state index contributed by atoms with van der Waals surface area (Å²) in [5.41, 5.74) is 6.61. The van der Waals surface area contributed by atoms with Crippen LogP contribution in [0.3, 0.4) is 0 Å². The molecule has 0 saturated heterocycles. The van der Waals surface area contributed by atoms with E-state index < -0.39 is 0 Å². The average Bonchev–Trinajstić information content (AvgIpc) is 3.44. The summed E-state index contributed by atoms with van der Waals surface area (Å²) in [6, 6.07) is 50.4. The van der Waals surface area contributed by atoms with Gasteiger partial charge >= 0.3 is 0 Å². The van der Waals surface area contributed by atoms with E-state index in [2.05, 4.69) is 132 Å². The van der Waals surface area contributed by atoms with Crippen molar-refractivity contribution in [3.8, 4) is 22.3 Å². The summed E-state index contributed by atoms with van der Waals surface area (Å²) in [4.78, 5) is 0. The Kier molecular flexibility index (Phi) is 5.80. The van der Waals surface area contributed by atoms with Gasteiger partial charge in [-0.25, -0.2) is 0 Å². The zero-order valence-electron chi connectivity index (χ0n) is 21.3. The number of rotatable bonds is 6. The molecule has 0 aliphatic carbocycles. The Morgan fingerprint density at radius 3 is 1.23 bits per heavy atom. The minimum Gasteiger partial charge on any atom is -0.425 e. The molecule has 0 unspecified atom stereocenters. The lowest BCUT2D eigenvalue weighted by Crippen LogP contribution is -1.94. The highest BCUT2D eigenvalue weighted by atomic mass is 16.4. The van der Waals surface area contributed by atoms with Crippen LogP contribution in [0.5, 0.6) is 0 Å². The third-order valence-corrected chi connectivity index (χ3v) is 7.14. The van der Waals surface area contributed by atoms with E-state index in [4.69, 9.17) is 4.42 Å². The van der Waals surface area contributed by atoms with Gasteiger partial charge in [0.2, 0.25) is 0 Å². The lowest BCUT2D eigenvalue weighted by Gasteiger charge is -2.14. The molecule has 3 nitrogen and oxygen atoms in total. The van der Waals surface area contributed by atoms with Crippen LogP contribution < -0.4 is 10.6 Å². The second-order valence-electron chi connectivity index (χ2n) is 9.56. The molecule has 7 rings (SSSR count). The molecular formula is C36H26N2O. The van der Waals surface area contributed by atoms with Gasteiger partial charge in [-0.15, -0.1) is 0 Å². The molecule has 1 aromatic heterocycles. The first-order chi connectivity index (χ1) is 19.3. The van der Waals surface area contributed by atoms with Crippen molar-refractivity contribution in [2.75, 3.05) is 10.6 Å². The summed E-state index contributed by atoms with van der Waals surface area (Å²) in [7, 11) is 0. The first-order valence-corrected chi connectivity index (χ1v) is 13.1. The van der Waals surface area contributed by atoms with Gasteiger partial charge in [0.05, 0.1) is 0 Å². The van der Waals surface area contributed by atoms with Gasteiger partial charge in [0.25, 0.3) is 0 Å². The average molecular weight is 503 g/mol. The SMILES string of the molecule is c1ccc(-c2cccc3ccccc23)c(Nc2ccc(Nc3ccccc3-c3cccc4ccccc34)o2)c1. The molecule has 0 bridgehead atoms. The molecule has 0 aliphatic heterocycles. The van der Waals surface area contributed by atoms with Crippen LogP contribution >= 0.6 is 0 Å². The van der Waals surface area contributed by atoms with Gasteiger partial charge in [-0.1, -0.05) is 121 Å². The highest BCUT2D eigenvalue weighted by Gasteiger charge is 2.12. The molecule has 1 heterocycles. The fourth-order valence-electron chi connectivity index (χ4n) is 5.31. The van der Waals surface area contributed by atoms with Gasteiger partial charge in [0.15, 0.2) is 11.8 Å². The van der Waals surface area contributed by atoms with Crippen LogP contribution in [0.2, 0.25) is 0 Å². The topological polar surface area (TPSA) is 37.2 Å². The quantitative estimate of drug-likeness (QED) is 0.237. The Balaban J connectivity index is 1.19. The van der Waals surface area contributed by atoms with Gasteiger partial charge in [-0.2, -0.15) is 0 Å². The second kappa shape index (κ2) is 9.88. The monoisotopic (exact) mass is 502 g/mol. The molecule has 186 valence electrons. The number of hydrogen-bond donors (Lipinski definition) is 2. The van der Waals surface area contributed by atoms with Crippen LogP contribution in [-0.2, 0) is 0 Å². The molecule has 6 aromatic carbocycles. The lowest BCUT2D eigenvalue weighted by molar-refractivity contribution is 0.603. The third-order valence-electron chi connectivity index (χ3n) is 7.14. The van der Waals surface area contributed by atoms with E-state index in [1.165, 1.54) is 32.7 Å². The number of anilines is 4. The maximum absolute atomic E-state index is 6.23. The normalized spacial score (nSPS) is 11.1. The smallest absolute Gasteiger partial charge is 0.199 e. The van der Waals surface area contributed by atoms with Crippen LogP contribution in [0, 0.1) is 0 Å². The standard InChI is InChI=1S/C36H26N2O/c1-3-15-27-25(11-1)13-9-19-29(27)31-17-5-7-21-33(31)37-35-23-24-36(39-35)38-34-22-8-6-18-32(34)30-20-10-14-26-12-2-4-16-28(26)30/h1-24,37-38H. The first-order valence-electron chi connectivity index (χ1n) is 13.1. The molecular weight excluding hydrogens is 476 g/mol. The van der Waals surface area contributed by atoms with E-state index in [1.54, 1.807) is 0 Å². The maximum Gasteiger partial charge on any atom is 0.199 e. The van der Waals surface area contributed by atoms with Gasteiger partial charge in [-0.05, 0) is 44.8 Å². The fraction of sp³-hybridized carbons (Fsp3) is 0. The summed E-state index contributed by atoms with van der Waals surface area (Å²) in [6.45, 7) is 0. The second-order valence-corrected chi connectivity index (χ2v) is 9.56. The van der Waals surface area contributed by atoms with E-state index in [1.807, 2.05) is 24.3 Å². The van der Waals surface area contributed by atoms with Crippen molar-refractivity contribution >= 4 is 44.7 Å². The van der Waals surface area contributed by atoms with Crippen molar-refractivity contribution in [1.82, 2.24) is 0 Å². The van der Waals surface area contributed by atoms with Crippen LogP contribution in [0.15, 0.2) is 150 Å². The van der Waals surface area contributed by atoms with E-state index in [0.717, 1.165) is 22.5 Å². The Bertz CT molecular complexity index is 1780. The molecule has 0 atom stereocenters. The number of para-hydroxylation sites is 2. The van der Waals surface area contributed by atoms with Crippen LogP contribution in [0.25, 0.3) is 43.8 Å². The molecule has 0 saturated carbocycles. The highest BCUT2D eigenvalue weighted by molar-refractivity contribution is 6.01. The number of furan rings is 1. The molecule has 7 aromatic rings. The Hall–Kier alpha value is -5.28. The van der Waals surface area contributed by atoms with Crippen molar-refractivity contribution in [3.63, 3.8) is 0 Å². The predicted octanol–water partition coefficient (Wildman–Crippen LogP) is 10.4. The summed E-state index contributed by atoms with van der Waals surface area (Å²) in [5, 5.41) is 11.9. The summed E-state index contributed by atoms with van der Waals surface area (Å²) >= 11 is 0. The molecule has 0 amide bonds. The van der Waals surface area contributed by atoms with Gasteiger partial charge < -0.3 is 15.1 Å².